The van der Waals surface area contributed by atoms with Crippen LogP contribution in [0.1, 0.15) is 10.4 Å². The zero-order valence-corrected chi connectivity index (χ0v) is 16.2. The molecule has 0 heterocycles. The van der Waals surface area contributed by atoms with Crippen LogP contribution < -0.4 is 13.8 Å². The highest BCUT2D eigenvalue weighted by molar-refractivity contribution is 7.93. The number of nitrogens with zero attached hydrogens (tertiary/aromatic N) is 1. The van der Waals surface area contributed by atoms with Gasteiger partial charge in [-0.3, -0.25) is 4.79 Å². The lowest BCUT2D eigenvalue weighted by Gasteiger charge is -2.23. The highest BCUT2D eigenvalue weighted by Gasteiger charge is 2.31. The summed E-state index contributed by atoms with van der Waals surface area (Å²) in [6, 6.07) is 20.4. The molecular formula is C21H19NO5S. The van der Waals surface area contributed by atoms with E-state index in [-0.39, 0.29) is 16.1 Å². The normalized spacial score (nSPS) is 10.9. The Bertz CT molecular complexity index is 1050. The van der Waals surface area contributed by atoms with Gasteiger partial charge in [0.05, 0.1) is 24.8 Å². The van der Waals surface area contributed by atoms with Crippen molar-refractivity contribution in [2.24, 2.45) is 0 Å². The van der Waals surface area contributed by atoms with E-state index in [0.717, 1.165) is 4.31 Å². The van der Waals surface area contributed by atoms with E-state index in [1.54, 1.807) is 42.5 Å². The number of carbonyl (C=O) groups is 1. The van der Waals surface area contributed by atoms with E-state index in [0.29, 0.717) is 11.5 Å². The highest BCUT2D eigenvalue weighted by atomic mass is 32.2. The maximum atomic E-state index is 13.3. The summed E-state index contributed by atoms with van der Waals surface area (Å²) in [7, 11) is -1.10. The molecule has 3 aromatic carbocycles. The first-order chi connectivity index (χ1) is 13.5. The number of sulfonamides is 1. The van der Waals surface area contributed by atoms with Crippen molar-refractivity contribution in [2.75, 3.05) is 18.5 Å². The van der Waals surface area contributed by atoms with Crippen molar-refractivity contribution < 1.29 is 22.7 Å². The minimum Gasteiger partial charge on any atom is -0.497 e. The predicted octanol–water partition coefficient (Wildman–Crippen LogP) is 3.74. The molecule has 0 saturated heterocycles. The number of anilines is 1. The zero-order valence-electron chi connectivity index (χ0n) is 15.4. The first-order valence-corrected chi connectivity index (χ1v) is 9.84. The van der Waals surface area contributed by atoms with Gasteiger partial charge in [0.1, 0.15) is 11.5 Å². The van der Waals surface area contributed by atoms with E-state index >= 15 is 0 Å². The maximum Gasteiger partial charge on any atom is 0.272 e. The summed E-state index contributed by atoms with van der Waals surface area (Å²) in [5.74, 6) is 0.452. The fourth-order valence-electron chi connectivity index (χ4n) is 2.63. The molecule has 0 aliphatic carbocycles. The van der Waals surface area contributed by atoms with E-state index in [2.05, 4.69) is 0 Å². The number of carbonyl (C=O) groups excluding carboxylic acids is 1. The minimum absolute atomic E-state index is 0.0210. The Kier molecular flexibility index (Phi) is 5.65. The van der Waals surface area contributed by atoms with E-state index in [9.17, 15) is 13.2 Å². The molecule has 6 nitrogen and oxygen atoms in total. The van der Waals surface area contributed by atoms with Crippen molar-refractivity contribution >= 4 is 21.6 Å². The molecule has 144 valence electrons. The minimum atomic E-state index is -4.13. The molecule has 1 amide bonds. The van der Waals surface area contributed by atoms with Crippen LogP contribution in [0.2, 0.25) is 0 Å². The first-order valence-electron chi connectivity index (χ1n) is 8.40. The quantitative estimate of drug-likeness (QED) is 0.634. The second-order valence-electron chi connectivity index (χ2n) is 5.81. The standard InChI is InChI=1S/C21H19NO5S/c1-26-18-12-8-16(9-13-18)21(23)22(17-10-14-19(27-2)15-11-17)28(24,25)20-6-4-3-5-7-20/h3-15H,1-2H3. The van der Waals surface area contributed by atoms with Gasteiger partial charge in [0.25, 0.3) is 15.9 Å². The van der Waals surface area contributed by atoms with Crippen LogP contribution in [0.4, 0.5) is 5.69 Å². The Morgan fingerprint density at radius 3 is 1.75 bits per heavy atom. The van der Waals surface area contributed by atoms with E-state index < -0.39 is 15.9 Å². The van der Waals surface area contributed by atoms with Gasteiger partial charge in [0.15, 0.2) is 0 Å². The number of methoxy groups -OCH3 is 2. The van der Waals surface area contributed by atoms with E-state index in [4.69, 9.17) is 9.47 Å². The molecule has 0 aromatic heterocycles. The maximum absolute atomic E-state index is 13.3. The smallest absolute Gasteiger partial charge is 0.272 e. The van der Waals surface area contributed by atoms with Gasteiger partial charge in [-0.25, -0.2) is 8.42 Å². The molecule has 0 N–H and O–H groups in total. The molecule has 0 spiro atoms. The fourth-order valence-corrected chi connectivity index (χ4v) is 4.07. The van der Waals surface area contributed by atoms with E-state index in [1.165, 1.54) is 50.6 Å². The van der Waals surface area contributed by atoms with Crippen molar-refractivity contribution in [3.8, 4) is 11.5 Å². The number of hydrogen-bond acceptors (Lipinski definition) is 5. The monoisotopic (exact) mass is 397 g/mol. The summed E-state index contributed by atoms with van der Waals surface area (Å²) in [6.45, 7) is 0. The molecular weight excluding hydrogens is 378 g/mol. The second kappa shape index (κ2) is 8.14. The zero-order chi connectivity index (χ0) is 20.1. The van der Waals surface area contributed by atoms with Crippen LogP contribution >= 0.6 is 0 Å². The van der Waals surface area contributed by atoms with Crippen LogP contribution in [0.15, 0.2) is 83.8 Å². The van der Waals surface area contributed by atoms with Crippen LogP contribution in [0.25, 0.3) is 0 Å². The average molecular weight is 397 g/mol. The fraction of sp³-hybridized carbons (Fsp3) is 0.0952. The van der Waals surface area contributed by atoms with Crippen molar-refractivity contribution in [2.45, 2.75) is 4.90 Å². The third kappa shape index (κ3) is 3.84. The van der Waals surface area contributed by atoms with Crippen LogP contribution in [0, 0.1) is 0 Å². The first kappa shape index (κ1) is 19.4. The molecule has 0 unspecified atom stereocenters. The number of ether oxygens (including phenoxy) is 2. The lowest BCUT2D eigenvalue weighted by Crippen LogP contribution is -2.37. The van der Waals surface area contributed by atoms with E-state index in [1.807, 2.05) is 0 Å². The molecule has 0 fully saturated rings. The van der Waals surface area contributed by atoms with Crippen molar-refractivity contribution in [1.29, 1.82) is 0 Å². The average Bonchev–Trinajstić information content (AvgIpc) is 2.75. The Labute approximate surface area is 164 Å². The summed E-state index contributed by atoms with van der Waals surface area (Å²) >= 11 is 0. The molecule has 28 heavy (non-hydrogen) atoms. The van der Waals surface area contributed by atoms with Crippen LogP contribution in [-0.2, 0) is 10.0 Å². The van der Waals surface area contributed by atoms with Gasteiger partial charge < -0.3 is 9.47 Å². The molecule has 0 aliphatic rings. The largest absolute Gasteiger partial charge is 0.497 e. The molecule has 0 aliphatic heterocycles. The summed E-state index contributed by atoms with van der Waals surface area (Å²) in [4.78, 5) is 13.2. The van der Waals surface area contributed by atoms with Crippen LogP contribution in [0.5, 0.6) is 11.5 Å². The Hall–Kier alpha value is -3.32. The molecule has 0 radical (unpaired) electrons. The van der Waals surface area contributed by atoms with Gasteiger partial charge >= 0.3 is 0 Å². The molecule has 0 bridgehead atoms. The third-order valence-corrected chi connectivity index (χ3v) is 5.84. The number of hydrogen-bond donors (Lipinski definition) is 0. The topological polar surface area (TPSA) is 72.9 Å². The van der Waals surface area contributed by atoms with Gasteiger partial charge in [0, 0.05) is 5.56 Å². The van der Waals surface area contributed by atoms with Gasteiger partial charge in [-0.05, 0) is 60.7 Å². The van der Waals surface area contributed by atoms with Crippen molar-refractivity contribution in [3.63, 3.8) is 0 Å². The molecule has 3 aromatic rings. The van der Waals surface area contributed by atoms with Crippen molar-refractivity contribution in [1.82, 2.24) is 0 Å². The summed E-state index contributed by atoms with van der Waals surface area (Å²) in [5.41, 5.74) is 0.432. The Balaban J connectivity index is 2.11. The molecule has 7 heteroatoms. The highest BCUT2D eigenvalue weighted by Crippen LogP contribution is 2.28. The van der Waals surface area contributed by atoms with Gasteiger partial charge in [-0.15, -0.1) is 0 Å². The molecule has 3 rings (SSSR count). The third-order valence-electron chi connectivity index (χ3n) is 4.11. The van der Waals surface area contributed by atoms with Gasteiger partial charge in [-0.2, -0.15) is 4.31 Å². The number of rotatable bonds is 6. The lowest BCUT2D eigenvalue weighted by molar-refractivity contribution is 0.101. The van der Waals surface area contributed by atoms with Crippen LogP contribution in [0.3, 0.4) is 0 Å². The summed E-state index contributed by atoms with van der Waals surface area (Å²) < 4.78 is 37.6. The SMILES string of the molecule is COc1ccc(C(=O)N(c2ccc(OC)cc2)S(=O)(=O)c2ccccc2)cc1. The Morgan fingerprint density at radius 1 is 0.750 bits per heavy atom. The van der Waals surface area contributed by atoms with Gasteiger partial charge in [-0.1, -0.05) is 18.2 Å². The lowest BCUT2D eigenvalue weighted by atomic mass is 10.2. The second-order valence-corrected chi connectivity index (χ2v) is 7.60. The molecule has 0 saturated carbocycles. The van der Waals surface area contributed by atoms with Crippen molar-refractivity contribution in [3.05, 3.63) is 84.4 Å². The molecule has 0 atom stereocenters. The van der Waals surface area contributed by atoms with Crippen LogP contribution in [-0.4, -0.2) is 28.5 Å². The predicted molar refractivity (Wildman–Crippen MR) is 106 cm³/mol. The summed E-state index contributed by atoms with van der Waals surface area (Å²) in [5, 5.41) is 0. The summed E-state index contributed by atoms with van der Waals surface area (Å²) in [6.07, 6.45) is 0. The van der Waals surface area contributed by atoms with Gasteiger partial charge in [0.2, 0.25) is 0 Å². The number of benzene rings is 3. The Morgan fingerprint density at radius 2 is 1.25 bits per heavy atom. The number of amides is 1.